The lowest BCUT2D eigenvalue weighted by Crippen LogP contribution is -2.24. The van der Waals surface area contributed by atoms with Crippen molar-refractivity contribution in [3.8, 4) is 17.2 Å². The van der Waals surface area contributed by atoms with Crippen LogP contribution in [0.15, 0.2) is 36.5 Å². The fraction of sp³-hybridized carbons (Fsp3) is 0.250. The van der Waals surface area contributed by atoms with Gasteiger partial charge in [0.15, 0.2) is 11.5 Å². The van der Waals surface area contributed by atoms with Gasteiger partial charge in [0.2, 0.25) is 0 Å². The number of carbonyl (C=O) groups excluding carboxylic acids is 1. The fourth-order valence-electron chi connectivity index (χ4n) is 1.99. The Morgan fingerprint density at radius 2 is 1.73 bits per heavy atom. The minimum absolute atomic E-state index is 0.252. The summed E-state index contributed by atoms with van der Waals surface area (Å²) in [5.74, 6) is 1.50. The smallest absolute Gasteiger partial charge is 0.270 e. The highest BCUT2D eigenvalue weighted by atomic mass is 16.5. The van der Waals surface area contributed by atoms with Gasteiger partial charge in [0.1, 0.15) is 11.4 Å². The van der Waals surface area contributed by atoms with E-state index < -0.39 is 0 Å². The molecule has 1 aromatic heterocycles. The number of carbonyl (C=O) groups is 1. The topological polar surface area (TPSA) is 69.7 Å². The Bertz CT molecular complexity index is 644. The van der Waals surface area contributed by atoms with Crippen molar-refractivity contribution in [3.63, 3.8) is 0 Å². The number of nitrogens with one attached hydrogen (secondary N) is 1. The van der Waals surface area contributed by atoms with Gasteiger partial charge in [-0.1, -0.05) is 6.07 Å². The first kappa shape index (κ1) is 15.6. The number of hydrogen-bond acceptors (Lipinski definition) is 5. The molecule has 2 aromatic rings. The third-order valence-corrected chi connectivity index (χ3v) is 3.12. The van der Waals surface area contributed by atoms with Crippen LogP contribution < -0.4 is 19.5 Å². The lowest BCUT2D eigenvalue weighted by atomic mass is 10.1. The Morgan fingerprint density at radius 3 is 2.32 bits per heavy atom. The van der Waals surface area contributed by atoms with E-state index in [1.165, 1.54) is 0 Å². The summed E-state index contributed by atoms with van der Waals surface area (Å²) in [5.41, 5.74) is 1.14. The molecule has 1 amide bonds. The van der Waals surface area contributed by atoms with Crippen molar-refractivity contribution in [2.75, 3.05) is 21.3 Å². The molecule has 0 aliphatic carbocycles. The van der Waals surface area contributed by atoms with E-state index >= 15 is 0 Å². The summed E-state index contributed by atoms with van der Waals surface area (Å²) in [6.45, 7) is 0.291. The van der Waals surface area contributed by atoms with Crippen LogP contribution in [0.2, 0.25) is 0 Å². The molecular formula is C16H18N2O4. The number of nitrogens with zero attached hydrogens (tertiary/aromatic N) is 1. The lowest BCUT2D eigenvalue weighted by molar-refractivity contribution is 0.0945. The van der Waals surface area contributed by atoms with E-state index in [1.54, 1.807) is 57.9 Å². The quantitative estimate of drug-likeness (QED) is 0.884. The Hall–Kier alpha value is -2.76. The van der Waals surface area contributed by atoms with Crippen LogP contribution in [0.5, 0.6) is 17.2 Å². The van der Waals surface area contributed by atoms with E-state index in [2.05, 4.69) is 10.3 Å². The van der Waals surface area contributed by atoms with Gasteiger partial charge in [-0.05, 0) is 18.2 Å². The van der Waals surface area contributed by atoms with Gasteiger partial charge >= 0.3 is 0 Å². The molecule has 0 saturated carbocycles. The molecular weight excluding hydrogens is 284 g/mol. The zero-order valence-electron chi connectivity index (χ0n) is 12.8. The van der Waals surface area contributed by atoms with Gasteiger partial charge in [-0.25, -0.2) is 0 Å². The molecule has 6 heteroatoms. The molecule has 0 aliphatic heterocycles. The van der Waals surface area contributed by atoms with Gasteiger partial charge in [0.25, 0.3) is 5.91 Å². The molecule has 0 bridgehead atoms. The van der Waals surface area contributed by atoms with E-state index in [9.17, 15) is 4.79 Å². The van der Waals surface area contributed by atoms with Gasteiger partial charge in [0, 0.05) is 24.4 Å². The third-order valence-electron chi connectivity index (χ3n) is 3.12. The van der Waals surface area contributed by atoms with Crippen LogP contribution in [0.4, 0.5) is 0 Å². The highest BCUT2D eigenvalue weighted by molar-refractivity contribution is 5.92. The predicted molar refractivity (Wildman–Crippen MR) is 81.5 cm³/mol. The van der Waals surface area contributed by atoms with E-state index in [0.717, 1.165) is 5.56 Å². The molecule has 22 heavy (non-hydrogen) atoms. The van der Waals surface area contributed by atoms with Gasteiger partial charge in [-0.15, -0.1) is 0 Å². The first-order valence-electron chi connectivity index (χ1n) is 6.67. The summed E-state index contributed by atoms with van der Waals surface area (Å²) in [7, 11) is 4.67. The van der Waals surface area contributed by atoms with Crippen LogP contribution >= 0.6 is 0 Å². The summed E-state index contributed by atoms with van der Waals surface area (Å²) in [6, 6.07) is 8.67. The molecule has 116 valence electrons. The number of rotatable bonds is 6. The van der Waals surface area contributed by atoms with Crippen LogP contribution in [0, 0.1) is 0 Å². The van der Waals surface area contributed by atoms with Crippen molar-refractivity contribution in [1.82, 2.24) is 10.3 Å². The largest absolute Gasteiger partial charge is 0.496 e. The lowest BCUT2D eigenvalue weighted by Gasteiger charge is -2.14. The molecule has 0 fully saturated rings. The second kappa shape index (κ2) is 7.31. The Balaban J connectivity index is 2.17. The maximum absolute atomic E-state index is 12.0. The maximum atomic E-state index is 12.0. The molecule has 6 nitrogen and oxygen atoms in total. The monoisotopic (exact) mass is 302 g/mol. The van der Waals surface area contributed by atoms with Gasteiger partial charge in [0.05, 0.1) is 21.3 Å². The minimum atomic E-state index is -0.252. The zero-order chi connectivity index (χ0) is 15.9. The molecule has 0 radical (unpaired) electrons. The molecule has 0 unspecified atom stereocenters. The van der Waals surface area contributed by atoms with Gasteiger partial charge in [-0.2, -0.15) is 0 Å². The summed E-state index contributed by atoms with van der Waals surface area (Å²) in [4.78, 5) is 16.0. The second-order valence-electron chi connectivity index (χ2n) is 4.42. The van der Waals surface area contributed by atoms with Crippen molar-refractivity contribution in [2.24, 2.45) is 0 Å². The van der Waals surface area contributed by atoms with Crippen molar-refractivity contribution < 1.29 is 19.0 Å². The Morgan fingerprint density at radius 1 is 1.05 bits per heavy atom. The first-order valence-corrected chi connectivity index (χ1v) is 6.67. The molecule has 0 spiro atoms. The Kier molecular flexibility index (Phi) is 5.19. The number of pyridine rings is 1. The number of amides is 1. The van der Waals surface area contributed by atoms with Crippen LogP contribution in [0.1, 0.15) is 16.1 Å². The van der Waals surface area contributed by atoms with Crippen molar-refractivity contribution in [2.45, 2.75) is 6.54 Å². The van der Waals surface area contributed by atoms with Gasteiger partial charge < -0.3 is 19.5 Å². The number of hydrogen-bond donors (Lipinski definition) is 1. The number of aromatic nitrogens is 1. The number of benzene rings is 1. The molecule has 1 N–H and O–H groups in total. The SMILES string of the molecule is COc1cc(OC)c(OC)cc1CNC(=O)c1ccccn1. The van der Waals surface area contributed by atoms with E-state index in [4.69, 9.17) is 14.2 Å². The van der Waals surface area contributed by atoms with E-state index in [0.29, 0.717) is 29.5 Å². The predicted octanol–water partition coefficient (Wildman–Crippen LogP) is 2.04. The van der Waals surface area contributed by atoms with Gasteiger partial charge in [-0.3, -0.25) is 9.78 Å². The van der Waals surface area contributed by atoms with E-state index in [-0.39, 0.29) is 5.91 Å². The Labute approximate surface area is 129 Å². The summed E-state index contributed by atoms with van der Waals surface area (Å²) in [5, 5.41) is 2.80. The van der Waals surface area contributed by atoms with Crippen molar-refractivity contribution in [3.05, 3.63) is 47.8 Å². The van der Waals surface area contributed by atoms with Crippen molar-refractivity contribution in [1.29, 1.82) is 0 Å². The highest BCUT2D eigenvalue weighted by Gasteiger charge is 2.13. The fourth-order valence-corrected chi connectivity index (χ4v) is 1.99. The third kappa shape index (κ3) is 3.46. The average molecular weight is 302 g/mol. The van der Waals surface area contributed by atoms with Crippen LogP contribution in [0.3, 0.4) is 0 Å². The average Bonchev–Trinajstić information content (AvgIpc) is 2.59. The van der Waals surface area contributed by atoms with Crippen LogP contribution in [-0.4, -0.2) is 32.2 Å². The van der Waals surface area contributed by atoms with Crippen LogP contribution in [0.25, 0.3) is 0 Å². The molecule has 0 aliphatic rings. The minimum Gasteiger partial charge on any atom is -0.496 e. The highest BCUT2D eigenvalue weighted by Crippen LogP contribution is 2.34. The first-order chi connectivity index (χ1) is 10.7. The standard InChI is InChI=1S/C16H18N2O4/c1-20-13-9-15(22-3)14(21-2)8-11(13)10-18-16(19)12-6-4-5-7-17-12/h4-9H,10H2,1-3H3,(H,18,19). The van der Waals surface area contributed by atoms with Crippen molar-refractivity contribution >= 4 is 5.91 Å². The summed E-state index contributed by atoms with van der Waals surface area (Å²) in [6.07, 6.45) is 1.58. The van der Waals surface area contributed by atoms with Crippen LogP contribution in [-0.2, 0) is 6.54 Å². The zero-order valence-corrected chi connectivity index (χ0v) is 12.8. The summed E-state index contributed by atoms with van der Waals surface area (Å²) < 4.78 is 15.8. The number of ether oxygens (including phenoxy) is 3. The molecule has 0 atom stereocenters. The second-order valence-corrected chi connectivity index (χ2v) is 4.42. The molecule has 1 heterocycles. The summed E-state index contributed by atoms with van der Waals surface area (Å²) >= 11 is 0. The molecule has 2 rings (SSSR count). The number of methoxy groups -OCH3 is 3. The molecule has 1 aromatic carbocycles. The van der Waals surface area contributed by atoms with E-state index in [1.807, 2.05) is 0 Å². The normalized spacial score (nSPS) is 9.95. The molecule has 0 saturated heterocycles. The maximum Gasteiger partial charge on any atom is 0.270 e.